The first kappa shape index (κ1) is 15.5. The molecule has 1 aromatic heterocycles. The largest absolute Gasteiger partial charge is 0.464 e. The fraction of sp³-hybridized carbons (Fsp3) is 0.0625. The van der Waals surface area contributed by atoms with Gasteiger partial charge in [0.15, 0.2) is 4.32 Å². The smallest absolute Gasteiger partial charge is 0.420 e. The third-order valence-corrected chi connectivity index (χ3v) is 4.52. The van der Waals surface area contributed by atoms with Crippen LogP contribution < -0.4 is 0 Å². The molecule has 5 nitrogen and oxygen atoms in total. The quantitative estimate of drug-likeness (QED) is 0.652. The maximum Gasteiger partial charge on any atom is 0.420 e. The van der Waals surface area contributed by atoms with Crippen molar-refractivity contribution in [3.05, 3.63) is 52.6 Å². The molecule has 1 aromatic carbocycles. The van der Waals surface area contributed by atoms with Gasteiger partial charge in [-0.2, -0.15) is 4.90 Å². The highest BCUT2D eigenvalue weighted by Gasteiger charge is 2.37. The molecular weight excluding hydrogens is 334 g/mol. The van der Waals surface area contributed by atoms with E-state index < -0.39 is 12.0 Å². The molecule has 0 atom stereocenters. The molecule has 3 rings (SSSR count). The summed E-state index contributed by atoms with van der Waals surface area (Å²) < 4.78 is 5.70. The van der Waals surface area contributed by atoms with Gasteiger partial charge in [-0.1, -0.05) is 53.8 Å². The number of thiocarbonyl (C=S) groups is 1. The Morgan fingerprint density at radius 3 is 2.57 bits per heavy atom. The third-order valence-electron chi connectivity index (χ3n) is 3.22. The Bertz CT molecular complexity index is 836. The standard InChI is InChI=1S/C16H11NO4S2/c1-9-2-4-10(5-3-9)12-7-6-11(21-12)8-13-14(18)17(15(19)20)16(22)23-13/h2-8H,1H3,(H,19,20)/b13-8-. The van der Waals surface area contributed by atoms with E-state index in [0.29, 0.717) is 16.4 Å². The third kappa shape index (κ3) is 3.06. The van der Waals surface area contributed by atoms with Crippen LogP contribution in [0.5, 0.6) is 0 Å². The second kappa shape index (κ2) is 6.02. The normalized spacial score (nSPS) is 16.4. The van der Waals surface area contributed by atoms with Gasteiger partial charge in [0, 0.05) is 11.6 Å². The van der Waals surface area contributed by atoms with Gasteiger partial charge in [-0.15, -0.1) is 0 Å². The number of carbonyl (C=O) groups is 2. The van der Waals surface area contributed by atoms with Crippen LogP contribution in [-0.2, 0) is 4.79 Å². The first-order valence-electron chi connectivity index (χ1n) is 6.63. The number of amides is 2. The van der Waals surface area contributed by atoms with Gasteiger partial charge < -0.3 is 9.52 Å². The number of hydrogen-bond acceptors (Lipinski definition) is 5. The second-order valence-corrected chi connectivity index (χ2v) is 6.54. The van der Waals surface area contributed by atoms with E-state index in [1.54, 1.807) is 12.1 Å². The van der Waals surface area contributed by atoms with Gasteiger partial charge in [0.1, 0.15) is 11.5 Å². The maximum atomic E-state index is 12.0. The van der Waals surface area contributed by atoms with Crippen molar-refractivity contribution in [2.45, 2.75) is 6.92 Å². The first-order chi connectivity index (χ1) is 11.0. The van der Waals surface area contributed by atoms with Gasteiger partial charge in [-0.25, -0.2) is 4.79 Å². The molecule has 1 aliphatic heterocycles. The highest BCUT2D eigenvalue weighted by Crippen LogP contribution is 2.33. The van der Waals surface area contributed by atoms with Crippen molar-refractivity contribution in [2.75, 3.05) is 0 Å². The molecule has 7 heteroatoms. The van der Waals surface area contributed by atoms with Crippen LogP contribution in [0.15, 0.2) is 45.7 Å². The summed E-state index contributed by atoms with van der Waals surface area (Å²) in [5.74, 6) is 0.484. The number of benzene rings is 1. The number of furan rings is 1. The summed E-state index contributed by atoms with van der Waals surface area (Å²) in [7, 11) is 0. The minimum absolute atomic E-state index is 0.000867. The maximum absolute atomic E-state index is 12.0. The van der Waals surface area contributed by atoms with Gasteiger partial charge >= 0.3 is 6.09 Å². The fourth-order valence-corrected chi connectivity index (χ4v) is 3.29. The van der Waals surface area contributed by atoms with Crippen molar-refractivity contribution in [3.8, 4) is 11.3 Å². The zero-order chi connectivity index (χ0) is 16.6. The highest BCUT2D eigenvalue weighted by atomic mass is 32.2. The van der Waals surface area contributed by atoms with Crippen LogP contribution in [-0.4, -0.2) is 26.3 Å². The topological polar surface area (TPSA) is 70.8 Å². The Hall–Kier alpha value is -2.38. The van der Waals surface area contributed by atoms with E-state index in [1.165, 1.54) is 6.08 Å². The minimum Gasteiger partial charge on any atom is -0.464 e. The van der Waals surface area contributed by atoms with Crippen LogP contribution in [0.25, 0.3) is 17.4 Å². The number of carboxylic acid groups (broad SMARTS) is 1. The van der Waals surface area contributed by atoms with Gasteiger partial charge in [0.05, 0.1) is 4.91 Å². The average molecular weight is 345 g/mol. The Morgan fingerprint density at radius 2 is 1.96 bits per heavy atom. The molecule has 1 aliphatic rings. The Morgan fingerprint density at radius 1 is 1.26 bits per heavy atom. The van der Waals surface area contributed by atoms with Crippen LogP contribution in [0.3, 0.4) is 0 Å². The van der Waals surface area contributed by atoms with Gasteiger partial charge in [-0.3, -0.25) is 4.79 Å². The summed E-state index contributed by atoms with van der Waals surface area (Å²) in [6.45, 7) is 2.00. The van der Waals surface area contributed by atoms with Crippen molar-refractivity contribution in [2.24, 2.45) is 0 Å². The molecule has 0 aliphatic carbocycles. The number of thioether (sulfide) groups is 1. The molecule has 2 heterocycles. The molecule has 2 aromatic rings. The van der Waals surface area contributed by atoms with Crippen LogP contribution in [0.1, 0.15) is 11.3 Å². The van der Waals surface area contributed by atoms with E-state index in [2.05, 4.69) is 0 Å². The van der Waals surface area contributed by atoms with Crippen LogP contribution in [0.4, 0.5) is 4.79 Å². The predicted molar refractivity (Wildman–Crippen MR) is 91.9 cm³/mol. The van der Waals surface area contributed by atoms with Gasteiger partial charge in [-0.05, 0) is 19.1 Å². The lowest BCUT2D eigenvalue weighted by molar-refractivity contribution is -0.120. The summed E-state index contributed by atoms with van der Waals surface area (Å²) in [6, 6.07) is 11.4. The number of nitrogens with zero attached hydrogens (tertiary/aromatic N) is 1. The van der Waals surface area contributed by atoms with E-state index in [9.17, 15) is 9.59 Å². The lowest BCUT2D eigenvalue weighted by Crippen LogP contribution is -2.33. The molecule has 0 spiro atoms. The van der Waals surface area contributed by atoms with Crippen molar-refractivity contribution >= 4 is 46.4 Å². The lowest BCUT2D eigenvalue weighted by Gasteiger charge is -2.05. The van der Waals surface area contributed by atoms with Crippen LogP contribution in [0, 0.1) is 6.92 Å². The van der Waals surface area contributed by atoms with E-state index in [0.717, 1.165) is 22.9 Å². The number of carbonyl (C=O) groups excluding carboxylic acids is 1. The number of imide groups is 1. The fourth-order valence-electron chi connectivity index (χ4n) is 2.07. The first-order valence-corrected chi connectivity index (χ1v) is 7.86. The zero-order valence-electron chi connectivity index (χ0n) is 12.0. The van der Waals surface area contributed by atoms with Crippen molar-refractivity contribution in [3.63, 3.8) is 0 Å². The number of hydrogen-bond donors (Lipinski definition) is 1. The lowest BCUT2D eigenvalue weighted by atomic mass is 10.1. The number of rotatable bonds is 2. The molecule has 1 N–H and O–H groups in total. The monoisotopic (exact) mass is 345 g/mol. The molecular formula is C16H11NO4S2. The predicted octanol–water partition coefficient (Wildman–Crippen LogP) is 4.13. The Balaban J connectivity index is 1.87. The Labute approximate surface area is 141 Å². The highest BCUT2D eigenvalue weighted by molar-refractivity contribution is 8.26. The van der Waals surface area contributed by atoms with Crippen LogP contribution in [0.2, 0.25) is 0 Å². The molecule has 1 saturated heterocycles. The zero-order valence-corrected chi connectivity index (χ0v) is 13.6. The van der Waals surface area contributed by atoms with E-state index >= 15 is 0 Å². The second-order valence-electron chi connectivity index (χ2n) is 4.87. The molecule has 0 saturated carbocycles. The SMILES string of the molecule is Cc1ccc(-c2ccc(/C=C3\SC(=S)N(C(=O)O)C3=O)o2)cc1. The van der Waals surface area contributed by atoms with Crippen molar-refractivity contribution in [1.82, 2.24) is 4.90 Å². The average Bonchev–Trinajstić information content (AvgIpc) is 3.05. The molecule has 116 valence electrons. The molecule has 23 heavy (non-hydrogen) atoms. The summed E-state index contributed by atoms with van der Waals surface area (Å²) in [4.78, 5) is 23.8. The minimum atomic E-state index is -1.38. The van der Waals surface area contributed by atoms with Gasteiger partial charge in [0.2, 0.25) is 0 Å². The summed E-state index contributed by atoms with van der Waals surface area (Å²) in [5, 5.41) is 8.97. The molecule has 0 radical (unpaired) electrons. The van der Waals surface area contributed by atoms with E-state index in [1.807, 2.05) is 31.2 Å². The molecule has 2 amide bonds. The van der Waals surface area contributed by atoms with Crippen molar-refractivity contribution in [1.29, 1.82) is 0 Å². The van der Waals surface area contributed by atoms with E-state index in [-0.39, 0.29) is 9.23 Å². The summed E-state index contributed by atoms with van der Waals surface area (Å²) in [6.07, 6.45) is 0.121. The van der Waals surface area contributed by atoms with E-state index in [4.69, 9.17) is 21.7 Å². The Kier molecular flexibility index (Phi) is 4.06. The molecule has 0 unspecified atom stereocenters. The molecule has 1 fully saturated rings. The molecule has 0 bridgehead atoms. The number of aryl methyl sites for hydroxylation is 1. The van der Waals surface area contributed by atoms with Crippen LogP contribution >= 0.6 is 24.0 Å². The summed E-state index contributed by atoms with van der Waals surface area (Å²) >= 11 is 5.84. The summed E-state index contributed by atoms with van der Waals surface area (Å²) in [5.41, 5.74) is 2.08. The van der Waals surface area contributed by atoms with Gasteiger partial charge in [0.25, 0.3) is 5.91 Å². The van der Waals surface area contributed by atoms with Crippen molar-refractivity contribution < 1.29 is 19.1 Å².